The monoisotopic (exact) mass is 688 g/mol. The van der Waals surface area contributed by atoms with E-state index in [1.807, 2.05) is 0 Å². The predicted molar refractivity (Wildman–Crippen MR) is 220 cm³/mol. The fourth-order valence-electron chi connectivity index (χ4n) is 7.00. The summed E-state index contributed by atoms with van der Waals surface area (Å²) in [6.45, 7) is 0. The molecule has 0 amide bonds. The second kappa shape index (κ2) is 18.2. The second-order valence-corrected chi connectivity index (χ2v) is 12.1. The third-order valence-electron chi connectivity index (χ3n) is 9.15. The smallest absolute Gasteiger partial charge is 0.148 e. The third kappa shape index (κ3) is 7.80. The van der Waals surface area contributed by atoms with Crippen LogP contribution in [0, 0.1) is 0 Å². The zero-order valence-electron chi connectivity index (χ0n) is 29.5. The van der Waals surface area contributed by atoms with Crippen molar-refractivity contribution in [2.75, 3.05) is 0 Å². The Morgan fingerprint density at radius 3 is 0.396 bits per heavy atom. The van der Waals surface area contributed by atoms with Gasteiger partial charge in [0, 0.05) is 97.1 Å². The van der Waals surface area contributed by atoms with Crippen molar-refractivity contribution in [1.82, 2.24) is 8.97 Å². The molecule has 0 spiro atoms. The van der Waals surface area contributed by atoms with Crippen molar-refractivity contribution in [2.24, 2.45) is 0 Å². The predicted octanol–water partition coefficient (Wildman–Crippen LogP) is 11.0. The van der Waals surface area contributed by atoms with Crippen LogP contribution in [0.2, 0.25) is 0 Å². The maximum Gasteiger partial charge on any atom is 0.148 e. The molecule has 8 rings (SSSR count). The van der Waals surface area contributed by atoms with Gasteiger partial charge in [-0.25, -0.2) is 0 Å². The van der Waals surface area contributed by atoms with Gasteiger partial charge in [-0.2, -0.15) is 8.97 Å². The maximum absolute atomic E-state index is 8.38. The molecule has 4 nitrogen and oxygen atoms in total. The van der Waals surface area contributed by atoms with E-state index in [1.165, 1.54) is 45.5 Å². The van der Waals surface area contributed by atoms with Crippen LogP contribution in [-0.2, 0) is 0 Å². The normalized spacial score (nSPS) is 10.8. The summed E-state index contributed by atoms with van der Waals surface area (Å²) in [5, 5.41) is 16.8. The molecule has 0 atom stereocenters. The first-order valence-electron chi connectivity index (χ1n) is 17.7. The number of hydrogen-bond acceptors (Lipinski definition) is 2. The molecule has 0 aromatic heterocycles. The Morgan fingerprint density at radius 1 is 0.208 bits per heavy atom. The minimum absolute atomic E-state index is 0.559. The molecule has 0 aliphatic heterocycles. The van der Waals surface area contributed by atoms with Crippen LogP contribution in [-0.4, -0.2) is 7.69 Å². The van der Waals surface area contributed by atoms with Gasteiger partial charge >= 0.3 is 0 Å². The summed E-state index contributed by atoms with van der Waals surface area (Å²) in [5.74, 6) is 0. The molecule has 5 heteroatoms. The Bertz CT molecular complexity index is 1710. The van der Waals surface area contributed by atoms with E-state index in [0.29, 0.717) is 8.97 Å². The van der Waals surface area contributed by atoms with E-state index in [-0.39, 0.29) is 0 Å². The standard InChI is InChI=1S/2C24H20N.BHO2/c2*1-5-13-21(14-6-1)25(22-15-7-2-8-16-22,23-17-9-3-10-18-23)24-19-11-4-12-20-24;2-1-3/h2*1-20H;1H/q2*+1;-2. The molecule has 0 bridgehead atoms. The van der Waals surface area contributed by atoms with Gasteiger partial charge in [-0.1, -0.05) is 146 Å². The summed E-state index contributed by atoms with van der Waals surface area (Å²) in [5.41, 5.74) is 9.71. The SMILES string of the molecule is [O-]B[O-].c1ccc([N+](c2ccccc2)(c2ccccc2)c2ccccc2)cc1.c1ccc([N+](c2ccccc2)(c2ccccc2)c2ccccc2)cc1. The molecular formula is C48H41BN2O2. The van der Waals surface area contributed by atoms with Crippen LogP contribution < -0.4 is 19.0 Å². The van der Waals surface area contributed by atoms with Crippen molar-refractivity contribution in [1.29, 1.82) is 0 Å². The molecule has 0 unspecified atom stereocenters. The zero-order chi connectivity index (χ0) is 36.6. The lowest BCUT2D eigenvalue weighted by atomic mass is 10.1. The summed E-state index contributed by atoms with van der Waals surface area (Å²) >= 11 is 0. The first-order valence-corrected chi connectivity index (χ1v) is 17.7. The summed E-state index contributed by atoms with van der Waals surface area (Å²) in [7, 11) is -1.25. The molecule has 0 fully saturated rings. The summed E-state index contributed by atoms with van der Waals surface area (Å²) in [4.78, 5) is 0. The highest BCUT2D eigenvalue weighted by Crippen LogP contribution is 2.52. The van der Waals surface area contributed by atoms with Gasteiger partial charge in [0.25, 0.3) is 0 Å². The lowest BCUT2D eigenvalue weighted by Crippen LogP contribution is -2.33. The molecule has 0 aliphatic carbocycles. The minimum Gasteiger partial charge on any atom is -0.896 e. The molecular weight excluding hydrogens is 647 g/mol. The molecule has 0 N–H and O–H groups in total. The summed E-state index contributed by atoms with van der Waals surface area (Å²) < 4.78 is 1.12. The topological polar surface area (TPSA) is 46.1 Å². The first kappa shape index (κ1) is 36.5. The van der Waals surface area contributed by atoms with Crippen LogP contribution >= 0.6 is 0 Å². The quantitative estimate of drug-likeness (QED) is 0.118. The van der Waals surface area contributed by atoms with Crippen LogP contribution in [0.3, 0.4) is 0 Å². The van der Waals surface area contributed by atoms with Gasteiger partial charge in [0.15, 0.2) is 0 Å². The van der Waals surface area contributed by atoms with Crippen molar-refractivity contribution in [3.05, 3.63) is 243 Å². The van der Waals surface area contributed by atoms with Gasteiger partial charge in [-0.3, -0.25) is 0 Å². The van der Waals surface area contributed by atoms with Gasteiger partial charge in [0.1, 0.15) is 45.5 Å². The molecule has 0 saturated heterocycles. The molecule has 258 valence electrons. The van der Waals surface area contributed by atoms with E-state index in [0.717, 1.165) is 0 Å². The van der Waals surface area contributed by atoms with Crippen molar-refractivity contribution in [3.63, 3.8) is 0 Å². The molecule has 0 aliphatic rings. The molecule has 53 heavy (non-hydrogen) atoms. The Labute approximate surface area is 313 Å². The molecule has 0 saturated carbocycles. The Balaban J connectivity index is 0.000000169. The number of hydrogen-bond donors (Lipinski definition) is 0. The van der Waals surface area contributed by atoms with E-state index >= 15 is 0 Å². The Morgan fingerprint density at radius 2 is 0.302 bits per heavy atom. The number of nitrogens with zero attached hydrogens (tertiary/aromatic N) is 2. The number of para-hydroxylation sites is 8. The van der Waals surface area contributed by atoms with Gasteiger partial charge in [-0.15, -0.1) is 7.69 Å². The van der Waals surface area contributed by atoms with Crippen molar-refractivity contribution in [2.45, 2.75) is 0 Å². The van der Waals surface area contributed by atoms with Crippen LogP contribution in [0.15, 0.2) is 243 Å². The lowest BCUT2D eigenvalue weighted by Gasteiger charge is -2.37. The number of quaternary nitrogens is 2. The van der Waals surface area contributed by atoms with Gasteiger partial charge < -0.3 is 10.0 Å². The van der Waals surface area contributed by atoms with Crippen molar-refractivity contribution >= 4 is 53.2 Å². The summed E-state index contributed by atoms with van der Waals surface area (Å²) in [6.07, 6.45) is 0. The molecule has 0 radical (unpaired) electrons. The van der Waals surface area contributed by atoms with E-state index < -0.39 is 7.69 Å². The van der Waals surface area contributed by atoms with Crippen LogP contribution in [0.25, 0.3) is 0 Å². The van der Waals surface area contributed by atoms with E-state index in [2.05, 4.69) is 243 Å². The molecule has 8 aromatic carbocycles. The van der Waals surface area contributed by atoms with Crippen LogP contribution in [0.4, 0.5) is 45.5 Å². The van der Waals surface area contributed by atoms with E-state index in [1.54, 1.807) is 0 Å². The highest BCUT2D eigenvalue weighted by Gasteiger charge is 2.40. The first-order chi connectivity index (χ1) is 26.3. The molecule has 0 heterocycles. The minimum atomic E-state index is -1.25. The fourth-order valence-corrected chi connectivity index (χ4v) is 7.00. The van der Waals surface area contributed by atoms with Crippen molar-refractivity contribution < 1.29 is 10.0 Å². The third-order valence-corrected chi connectivity index (χ3v) is 9.15. The number of rotatable bonds is 8. The van der Waals surface area contributed by atoms with Crippen LogP contribution in [0.5, 0.6) is 0 Å². The van der Waals surface area contributed by atoms with Crippen molar-refractivity contribution in [3.8, 4) is 0 Å². The average molecular weight is 689 g/mol. The second-order valence-electron chi connectivity index (χ2n) is 12.1. The van der Waals surface area contributed by atoms with Gasteiger partial charge in [0.2, 0.25) is 0 Å². The highest BCUT2D eigenvalue weighted by atomic mass is 16.4. The lowest BCUT2D eigenvalue weighted by molar-refractivity contribution is -0.328. The Kier molecular flexibility index (Phi) is 12.5. The maximum atomic E-state index is 8.38. The van der Waals surface area contributed by atoms with Gasteiger partial charge in [-0.05, 0) is 0 Å². The molecule has 8 aromatic rings. The highest BCUT2D eigenvalue weighted by molar-refractivity contribution is 6.08. The average Bonchev–Trinajstić information content (AvgIpc) is 3.25. The van der Waals surface area contributed by atoms with E-state index in [9.17, 15) is 0 Å². The summed E-state index contributed by atoms with van der Waals surface area (Å²) in [6, 6.07) is 85.5. The fraction of sp³-hybridized carbons (Fsp3) is 0. The van der Waals surface area contributed by atoms with Gasteiger partial charge in [0.05, 0.1) is 0 Å². The van der Waals surface area contributed by atoms with E-state index in [4.69, 9.17) is 10.0 Å². The number of benzene rings is 8. The Hall–Kier alpha value is -6.34. The van der Waals surface area contributed by atoms with Crippen LogP contribution in [0.1, 0.15) is 0 Å². The zero-order valence-corrected chi connectivity index (χ0v) is 29.5. The largest absolute Gasteiger partial charge is 0.896 e.